The molecule has 200 valence electrons. The fourth-order valence-electron chi connectivity index (χ4n) is 5.27. The van der Waals surface area contributed by atoms with Gasteiger partial charge in [0.1, 0.15) is 6.10 Å². The van der Waals surface area contributed by atoms with Crippen molar-refractivity contribution in [1.29, 1.82) is 0 Å². The molecule has 1 saturated heterocycles. The Labute approximate surface area is 218 Å². The molecule has 4 rings (SSSR count). The van der Waals surface area contributed by atoms with Crippen molar-refractivity contribution in [2.75, 3.05) is 13.2 Å². The molecule has 0 spiro atoms. The van der Waals surface area contributed by atoms with Gasteiger partial charge >= 0.3 is 6.09 Å². The van der Waals surface area contributed by atoms with Gasteiger partial charge in [-0.3, -0.25) is 4.79 Å². The van der Waals surface area contributed by atoms with Crippen LogP contribution >= 0.6 is 0 Å². The molecule has 8 heteroatoms. The van der Waals surface area contributed by atoms with E-state index in [2.05, 4.69) is 10.6 Å². The lowest BCUT2D eigenvalue weighted by molar-refractivity contribution is -0.127. The maximum Gasteiger partial charge on any atom is 0.407 e. The summed E-state index contributed by atoms with van der Waals surface area (Å²) >= 11 is 0. The van der Waals surface area contributed by atoms with E-state index in [1.807, 2.05) is 68.4 Å². The molecule has 8 nitrogen and oxygen atoms in total. The average molecular weight is 511 g/mol. The van der Waals surface area contributed by atoms with Gasteiger partial charge < -0.3 is 30.3 Å². The fourth-order valence-corrected chi connectivity index (χ4v) is 5.27. The van der Waals surface area contributed by atoms with Crippen LogP contribution in [-0.2, 0) is 27.1 Å². The third kappa shape index (κ3) is 7.09. The quantitative estimate of drug-likeness (QED) is 0.391. The molecular weight excluding hydrogens is 472 g/mol. The van der Waals surface area contributed by atoms with Gasteiger partial charge in [-0.15, -0.1) is 0 Å². The van der Waals surface area contributed by atoms with E-state index in [1.165, 1.54) is 0 Å². The molecule has 1 heterocycles. The second kappa shape index (κ2) is 12.5. The van der Waals surface area contributed by atoms with E-state index in [4.69, 9.17) is 9.47 Å². The number of hydrogen-bond acceptors (Lipinski definition) is 6. The zero-order chi connectivity index (χ0) is 26.4. The van der Waals surface area contributed by atoms with Crippen LogP contribution < -0.4 is 10.6 Å². The Balaban J connectivity index is 1.46. The molecule has 0 saturated carbocycles. The number of rotatable bonds is 10. The van der Waals surface area contributed by atoms with Gasteiger partial charge in [0.15, 0.2) is 0 Å². The second-order valence-corrected chi connectivity index (χ2v) is 10.5. The minimum absolute atomic E-state index is 0.0913. The summed E-state index contributed by atoms with van der Waals surface area (Å²) in [6, 6.07) is 16.3. The summed E-state index contributed by atoms with van der Waals surface area (Å²) in [6.07, 6.45) is -0.872. The third-order valence-corrected chi connectivity index (χ3v) is 7.30. The number of hydrogen-bond donors (Lipinski definition) is 4. The number of alkyl carbamates (subject to hydrolysis) is 1. The predicted molar refractivity (Wildman–Crippen MR) is 139 cm³/mol. The van der Waals surface area contributed by atoms with Crippen LogP contribution in [0.4, 0.5) is 4.79 Å². The van der Waals surface area contributed by atoms with E-state index in [0.717, 1.165) is 16.7 Å². The Kier molecular flexibility index (Phi) is 9.18. The molecule has 2 aromatic rings. The zero-order valence-corrected chi connectivity index (χ0v) is 21.5. The maximum absolute atomic E-state index is 13.6. The minimum atomic E-state index is -0.979. The van der Waals surface area contributed by atoms with Gasteiger partial charge in [0.2, 0.25) is 5.91 Å². The predicted octanol–water partition coefficient (Wildman–Crippen LogP) is 2.91. The molecule has 0 unspecified atom stereocenters. The molecule has 2 aliphatic rings. The van der Waals surface area contributed by atoms with Crippen LogP contribution in [0.1, 0.15) is 49.4 Å². The van der Waals surface area contributed by atoms with Crippen LogP contribution in [0.25, 0.3) is 0 Å². The summed E-state index contributed by atoms with van der Waals surface area (Å²) < 4.78 is 10.7. The summed E-state index contributed by atoms with van der Waals surface area (Å²) in [5, 5.41) is 27.7. The van der Waals surface area contributed by atoms with Crippen LogP contribution in [0.15, 0.2) is 54.6 Å². The van der Waals surface area contributed by atoms with Gasteiger partial charge in [-0.2, -0.15) is 0 Å². The smallest absolute Gasteiger partial charge is 0.407 e. The first-order valence-corrected chi connectivity index (χ1v) is 13.1. The Morgan fingerprint density at radius 3 is 2.54 bits per heavy atom. The van der Waals surface area contributed by atoms with E-state index in [-0.39, 0.29) is 24.3 Å². The first kappa shape index (κ1) is 27.1. The molecule has 0 bridgehead atoms. The molecule has 0 aromatic heterocycles. The highest BCUT2D eigenvalue weighted by Gasteiger charge is 2.36. The van der Waals surface area contributed by atoms with Gasteiger partial charge in [-0.05, 0) is 35.4 Å². The highest BCUT2D eigenvalue weighted by Crippen LogP contribution is 2.32. The highest BCUT2D eigenvalue weighted by atomic mass is 16.6. The minimum Gasteiger partial charge on any atom is -0.444 e. The average Bonchev–Trinajstić information content (AvgIpc) is 3.50. The van der Waals surface area contributed by atoms with Gasteiger partial charge in [0, 0.05) is 18.8 Å². The number of nitrogens with one attached hydrogen (secondary N) is 2. The Morgan fingerprint density at radius 2 is 1.84 bits per heavy atom. The summed E-state index contributed by atoms with van der Waals surface area (Å²) in [7, 11) is 0. The Morgan fingerprint density at radius 1 is 1.11 bits per heavy atom. The molecular formula is C29H38N2O6. The first-order valence-electron chi connectivity index (χ1n) is 13.1. The van der Waals surface area contributed by atoms with Crippen molar-refractivity contribution in [2.45, 2.75) is 69.9 Å². The number of aliphatic hydroxyl groups is 2. The molecule has 1 fully saturated rings. The molecule has 37 heavy (non-hydrogen) atoms. The fraction of sp³-hybridized carbons (Fsp3) is 0.517. The van der Waals surface area contributed by atoms with Crippen LogP contribution in [0.5, 0.6) is 0 Å². The standard InChI is InChI=1S/C29H38N2O6/c1-18(2)26(31-29(35)37-22-12-13-36-17-22)24(32)16-21(14-19-8-4-3-5-9-19)28(34)30-27-23-11-7-6-10-20(23)15-25(27)33/h3-11,18,21-22,24-27,32-33H,12-17H2,1-2H3,(H,30,34)(H,31,35)/t21-,22+,24+,25-,26+,27+/m1/s1. The van der Waals surface area contributed by atoms with Crippen LogP contribution in [0.2, 0.25) is 0 Å². The van der Waals surface area contributed by atoms with Crippen molar-refractivity contribution in [3.05, 3.63) is 71.3 Å². The normalized spacial score (nSPS) is 23.2. The van der Waals surface area contributed by atoms with Crippen LogP contribution in [0.3, 0.4) is 0 Å². The summed E-state index contributed by atoms with van der Waals surface area (Å²) in [5.74, 6) is -0.900. The van der Waals surface area contributed by atoms with Crippen molar-refractivity contribution in [3.8, 4) is 0 Å². The van der Waals surface area contributed by atoms with E-state index in [0.29, 0.717) is 32.5 Å². The summed E-state index contributed by atoms with van der Waals surface area (Å²) in [5.41, 5.74) is 2.91. The largest absolute Gasteiger partial charge is 0.444 e. The maximum atomic E-state index is 13.6. The number of ether oxygens (including phenoxy) is 2. The number of fused-ring (bicyclic) bond motifs is 1. The lowest BCUT2D eigenvalue weighted by Gasteiger charge is -2.30. The SMILES string of the molecule is CC(C)[C@H](NC(=O)O[C@H]1CCOC1)[C@@H](O)C[C@@H](Cc1ccccc1)C(=O)N[C@H]1c2ccccc2C[C@H]1O. The van der Waals surface area contributed by atoms with Crippen molar-refractivity contribution in [2.24, 2.45) is 11.8 Å². The topological polar surface area (TPSA) is 117 Å². The number of aliphatic hydroxyl groups excluding tert-OH is 2. The summed E-state index contributed by atoms with van der Waals surface area (Å²) in [6.45, 7) is 4.75. The molecule has 1 aliphatic heterocycles. The van der Waals surface area contributed by atoms with E-state index in [9.17, 15) is 19.8 Å². The molecule has 2 aromatic carbocycles. The Bertz CT molecular complexity index is 1040. The molecule has 1 aliphatic carbocycles. The van der Waals surface area contributed by atoms with Gasteiger partial charge in [-0.1, -0.05) is 68.4 Å². The van der Waals surface area contributed by atoms with Gasteiger partial charge in [-0.25, -0.2) is 4.79 Å². The molecule has 6 atom stereocenters. The zero-order valence-electron chi connectivity index (χ0n) is 21.5. The van der Waals surface area contributed by atoms with Crippen molar-refractivity contribution in [3.63, 3.8) is 0 Å². The van der Waals surface area contributed by atoms with Crippen LogP contribution in [0, 0.1) is 11.8 Å². The highest BCUT2D eigenvalue weighted by molar-refractivity contribution is 5.80. The third-order valence-electron chi connectivity index (χ3n) is 7.30. The van der Waals surface area contributed by atoms with Crippen molar-refractivity contribution >= 4 is 12.0 Å². The Hall–Kier alpha value is -2.94. The molecule has 4 N–H and O–H groups in total. The van der Waals surface area contributed by atoms with Crippen molar-refractivity contribution in [1.82, 2.24) is 10.6 Å². The molecule has 2 amide bonds. The van der Waals surface area contributed by atoms with E-state index in [1.54, 1.807) is 0 Å². The number of benzene rings is 2. The monoisotopic (exact) mass is 510 g/mol. The van der Waals surface area contributed by atoms with Crippen molar-refractivity contribution < 1.29 is 29.3 Å². The first-order chi connectivity index (χ1) is 17.8. The molecule has 0 radical (unpaired) electrons. The van der Waals surface area contributed by atoms with Gasteiger partial charge in [0.25, 0.3) is 0 Å². The number of carbonyl (C=O) groups excluding carboxylic acids is 2. The van der Waals surface area contributed by atoms with E-state index < -0.39 is 36.3 Å². The second-order valence-electron chi connectivity index (χ2n) is 10.5. The van der Waals surface area contributed by atoms with Gasteiger partial charge in [0.05, 0.1) is 37.5 Å². The lowest BCUT2D eigenvalue weighted by atomic mass is 9.87. The number of amides is 2. The number of carbonyl (C=O) groups is 2. The summed E-state index contributed by atoms with van der Waals surface area (Å²) in [4.78, 5) is 26.1. The van der Waals surface area contributed by atoms with Crippen LogP contribution in [-0.4, -0.2) is 59.8 Å². The van der Waals surface area contributed by atoms with E-state index >= 15 is 0 Å². The lowest BCUT2D eigenvalue weighted by Crippen LogP contribution is -2.49.